The minimum atomic E-state index is -0.0595. The van der Waals surface area contributed by atoms with E-state index in [4.69, 9.17) is 9.47 Å². The summed E-state index contributed by atoms with van der Waals surface area (Å²) in [5.74, 6) is -0.00692. The van der Waals surface area contributed by atoms with Crippen LogP contribution >= 0.6 is 15.9 Å². The predicted molar refractivity (Wildman–Crippen MR) is 71.8 cm³/mol. The number of piperidine rings is 1. The van der Waals surface area contributed by atoms with Crippen molar-refractivity contribution in [1.29, 1.82) is 0 Å². The summed E-state index contributed by atoms with van der Waals surface area (Å²) in [6.45, 7) is 1.42. The predicted octanol–water partition coefficient (Wildman–Crippen LogP) is 1.26. The smallest absolute Gasteiger partial charge is 0.316 e. The lowest BCUT2D eigenvalue weighted by Gasteiger charge is -2.32. The molecule has 104 valence electrons. The molecular formula is C12H16BrN3O3. The average molecular weight is 330 g/mol. The molecule has 6 nitrogen and oxygen atoms in total. The standard InChI is InChI=1S/C12H16BrN3O3/c1-18-8-11(17)16-4-2-3-10(7-16)19-12-14-5-9(13)6-15-12/h5-6,10H,2-4,7-8H2,1H3. The van der Waals surface area contributed by atoms with Crippen LogP contribution in [0.1, 0.15) is 12.8 Å². The Kier molecular flexibility index (Phi) is 5.09. The minimum Gasteiger partial charge on any atom is -0.458 e. The van der Waals surface area contributed by atoms with Gasteiger partial charge in [-0.3, -0.25) is 4.79 Å². The first-order chi connectivity index (χ1) is 9.19. The molecular weight excluding hydrogens is 314 g/mol. The van der Waals surface area contributed by atoms with Crippen LogP contribution < -0.4 is 4.74 Å². The number of ether oxygens (including phenoxy) is 2. The fraction of sp³-hybridized carbons (Fsp3) is 0.583. The molecule has 7 heteroatoms. The highest BCUT2D eigenvalue weighted by molar-refractivity contribution is 9.10. The molecule has 19 heavy (non-hydrogen) atoms. The van der Waals surface area contributed by atoms with Crippen LogP contribution in [0.5, 0.6) is 6.01 Å². The van der Waals surface area contributed by atoms with Crippen molar-refractivity contribution in [3.8, 4) is 6.01 Å². The Bertz CT molecular complexity index is 427. The number of carbonyl (C=O) groups excluding carboxylic acids is 1. The molecule has 0 saturated carbocycles. The van der Waals surface area contributed by atoms with Crippen LogP contribution in [-0.4, -0.2) is 53.7 Å². The van der Waals surface area contributed by atoms with Crippen molar-refractivity contribution in [2.24, 2.45) is 0 Å². The molecule has 0 aromatic carbocycles. The van der Waals surface area contributed by atoms with Gasteiger partial charge in [0.05, 0.1) is 11.0 Å². The van der Waals surface area contributed by atoms with Crippen LogP contribution in [0.3, 0.4) is 0 Å². The Balaban J connectivity index is 1.90. The van der Waals surface area contributed by atoms with Crippen LogP contribution in [0.4, 0.5) is 0 Å². The van der Waals surface area contributed by atoms with Gasteiger partial charge in [-0.2, -0.15) is 0 Å². The zero-order chi connectivity index (χ0) is 13.7. The Hall–Kier alpha value is -1.21. The Morgan fingerprint density at radius 1 is 1.53 bits per heavy atom. The van der Waals surface area contributed by atoms with Crippen molar-refractivity contribution in [2.75, 3.05) is 26.8 Å². The molecule has 2 heterocycles. The highest BCUT2D eigenvalue weighted by atomic mass is 79.9. The molecule has 1 aliphatic heterocycles. The van der Waals surface area contributed by atoms with Crippen molar-refractivity contribution < 1.29 is 14.3 Å². The third-order valence-corrected chi connectivity index (χ3v) is 3.28. The van der Waals surface area contributed by atoms with Gasteiger partial charge in [0.2, 0.25) is 5.91 Å². The first-order valence-corrected chi connectivity index (χ1v) is 6.89. The minimum absolute atomic E-state index is 0.00692. The highest BCUT2D eigenvalue weighted by Gasteiger charge is 2.25. The fourth-order valence-corrected chi connectivity index (χ4v) is 2.19. The summed E-state index contributed by atoms with van der Waals surface area (Å²) in [5, 5.41) is 0. The average Bonchev–Trinajstić information content (AvgIpc) is 2.42. The summed E-state index contributed by atoms with van der Waals surface area (Å²) >= 11 is 3.27. The third-order valence-electron chi connectivity index (χ3n) is 2.87. The number of nitrogens with zero attached hydrogens (tertiary/aromatic N) is 3. The van der Waals surface area contributed by atoms with E-state index in [0.29, 0.717) is 12.6 Å². The van der Waals surface area contributed by atoms with E-state index in [1.54, 1.807) is 17.3 Å². The van der Waals surface area contributed by atoms with Crippen molar-refractivity contribution in [2.45, 2.75) is 18.9 Å². The molecule has 1 atom stereocenters. The third kappa shape index (κ3) is 4.14. The quantitative estimate of drug-likeness (QED) is 0.831. The van der Waals surface area contributed by atoms with Crippen LogP contribution in [0, 0.1) is 0 Å². The van der Waals surface area contributed by atoms with Gasteiger partial charge in [-0.1, -0.05) is 0 Å². The molecule has 0 bridgehead atoms. The fourth-order valence-electron chi connectivity index (χ4n) is 1.99. The highest BCUT2D eigenvalue weighted by Crippen LogP contribution is 2.16. The molecule has 0 aliphatic carbocycles. The number of aromatic nitrogens is 2. The SMILES string of the molecule is COCC(=O)N1CCCC(Oc2ncc(Br)cn2)C1. The number of carbonyl (C=O) groups is 1. The Labute approximate surface area is 120 Å². The number of rotatable bonds is 4. The number of methoxy groups -OCH3 is 1. The monoisotopic (exact) mass is 329 g/mol. The number of likely N-dealkylation sites (tertiary alicyclic amines) is 1. The zero-order valence-corrected chi connectivity index (χ0v) is 12.3. The maximum atomic E-state index is 11.7. The van der Waals surface area contributed by atoms with E-state index in [2.05, 4.69) is 25.9 Å². The van der Waals surface area contributed by atoms with Crippen molar-refractivity contribution >= 4 is 21.8 Å². The van der Waals surface area contributed by atoms with Crippen molar-refractivity contribution in [3.63, 3.8) is 0 Å². The lowest BCUT2D eigenvalue weighted by molar-refractivity contribution is -0.137. The molecule has 1 aromatic rings. The summed E-state index contributed by atoms with van der Waals surface area (Å²) in [5.41, 5.74) is 0. The number of hydrogen-bond acceptors (Lipinski definition) is 5. The summed E-state index contributed by atoms with van der Waals surface area (Å²) in [6, 6.07) is 0.342. The van der Waals surface area contributed by atoms with E-state index in [-0.39, 0.29) is 18.6 Å². The van der Waals surface area contributed by atoms with Gasteiger partial charge in [-0.25, -0.2) is 9.97 Å². The Morgan fingerprint density at radius 3 is 2.95 bits per heavy atom. The van der Waals surface area contributed by atoms with Crippen LogP contribution in [0.15, 0.2) is 16.9 Å². The number of amides is 1. The van der Waals surface area contributed by atoms with Crippen LogP contribution in [-0.2, 0) is 9.53 Å². The molecule has 1 aromatic heterocycles. The second-order valence-corrected chi connectivity index (χ2v) is 5.25. The molecule has 1 fully saturated rings. The van der Waals surface area contributed by atoms with E-state index in [1.165, 1.54) is 7.11 Å². The lowest BCUT2D eigenvalue weighted by Crippen LogP contribution is -2.45. The molecule has 0 radical (unpaired) electrons. The van der Waals surface area contributed by atoms with E-state index in [0.717, 1.165) is 23.9 Å². The molecule has 0 N–H and O–H groups in total. The van der Waals surface area contributed by atoms with E-state index in [9.17, 15) is 4.79 Å². The summed E-state index contributed by atoms with van der Waals surface area (Å²) in [7, 11) is 1.52. The second kappa shape index (κ2) is 6.81. The van der Waals surface area contributed by atoms with Gasteiger partial charge >= 0.3 is 6.01 Å². The molecule has 1 aliphatic rings. The topological polar surface area (TPSA) is 64.5 Å². The summed E-state index contributed by atoms with van der Waals surface area (Å²) in [4.78, 5) is 21.6. The second-order valence-electron chi connectivity index (χ2n) is 4.34. The summed E-state index contributed by atoms with van der Waals surface area (Å²) in [6.07, 6.45) is 5.03. The molecule has 1 saturated heterocycles. The summed E-state index contributed by atoms with van der Waals surface area (Å²) < 4.78 is 11.4. The van der Waals surface area contributed by atoms with Crippen LogP contribution in [0.25, 0.3) is 0 Å². The zero-order valence-electron chi connectivity index (χ0n) is 10.7. The number of hydrogen-bond donors (Lipinski definition) is 0. The maximum absolute atomic E-state index is 11.7. The van der Waals surface area contributed by atoms with Gasteiger partial charge in [-0.05, 0) is 28.8 Å². The van der Waals surface area contributed by atoms with Gasteiger partial charge in [-0.15, -0.1) is 0 Å². The van der Waals surface area contributed by atoms with Gasteiger partial charge in [0.1, 0.15) is 12.7 Å². The first-order valence-electron chi connectivity index (χ1n) is 6.10. The van der Waals surface area contributed by atoms with E-state index >= 15 is 0 Å². The lowest BCUT2D eigenvalue weighted by atomic mass is 10.1. The van der Waals surface area contributed by atoms with Gasteiger partial charge in [0.25, 0.3) is 0 Å². The van der Waals surface area contributed by atoms with Gasteiger partial charge < -0.3 is 14.4 Å². The van der Waals surface area contributed by atoms with Gasteiger partial charge in [0.15, 0.2) is 0 Å². The maximum Gasteiger partial charge on any atom is 0.316 e. The van der Waals surface area contributed by atoms with E-state index in [1.807, 2.05) is 0 Å². The van der Waals surface area contributed by atoms with Crippen LogP contribution in [0.2, 0.25) is 0 Å². The largest absolute Gasteiger partial charge is 0.458 e. The number of halogens is 1. The molecule has 0 spiro atoms. The molecule has 1 unspecified atom stereocenters. The van der Waals surface area contributed by atoms with E-state index < -0.39 is 0 Å². The normalized spacial score (nSPS) is 19.3. The molecule has 1 amide bonds. The molecule has 2 rings (SSSR count). The van der Waals surface area contributed by atoms with Crippen molar-refractivity contribution in [3.05, 3.63) is 16.9 Å². The first kappa shape index (κ1) is 14.2. The van der Waals surface area contributed by atoms with Crippen molar-refractivity contribution in [1.82, 2.24) is 14.9 Å². The Morgan fingerprint density at radius 2 is 2.26 bits per heavy atom. The van der Waals surface area contributed by atoms with Gasteiger partial charge in [0, 0.05) is 26.0 Å².